The van der Waals surface area contributed by atoms with Gasteiger partial charge in [0.25, 0.3) is 0 Å². The Kier molecular flexibility index (Phi) is 4.91. The van der Waals surface area contributed by atoms with Crippen molar-refractivity contribution in [2.45, 2.75) is 6.92 Å². The summed E-state index contributed by atoms with van der Waals surface area (Å²) in [5.74, 6) is -0.198. The van der Waals surface area contributed by atoms with E-state index in [4.69, 9.17) is 11.6 Å². The highest BCUT2D eigenvalue weighted by molar-refractivity contribution is 6.30. The Morgan fingerprint density at radius 1 is 1.00 bits per heavy atom. The first-order chi connectivity index (χ1) is 13.6. The van der Waals surface area contributed by atoms with E-state index in [-0.39, 0.29) is 5.91 Å². The molecule has 1 amide bonds. The molecule has 0 unspecified atom stereocenters. The molecule has 0 radical (unpaired) electrons. The molecule has 0 spiro atoms. The normalized spacial score (nSPS) is 11.2. The first-order valence-electron chi connectivity index (χ1n) is 8.76. The maximum Gasteiger partial charge on any atom is 0.248 e. The van der Waals surface area contributed by atoms with E-state index in [1.165, 1.54) is 6.08 Å². The summed E-state index contributed by atoms with van der Waals surface area (Å²) in [5, 5.41) is 12.6. The fraction of sp³-hybridized carbons (Fsp3) is 0.0455. The molecule has 0 saturated heterocycles. The van der Waals surface area contributed by atoms with Crippen molar-refractivity contribution in [2.75, 3.05) is 5.32 Å². The average Bonchev–Trinajstić information content (AvgIpc) is 3.10. The number of rotatable bonds is 4. The van der Waals surface area contributed by atoms with Crippen LogP contribution >= 0.6 is 11.6 Å². The van der Waals surface area contributed by atoms with E-state index in [0.717, 1.165) is 22.3 Å². The smallest absolute Gasteiger partial charge is 0.248 e. The molecular weight excluding hydrogens is 372 g/mol. The number of fused-ring (bicyclic) bond motifs is 1. The van der Waals surface area contributed by atoms with Gasteiger partial charge in [-0.1, -0.05) is 41.9 Å². The highest BCUT2D eigenvalue weighted by atomic mass is 35.5. The van der Waals surface area contributed by atoms with E-state index in [1.807, 2.05) is 61.5 Å². The van der Waals surface area contributed by atoms with Gasteiger partial charge in [-0.15, -0.1) is 10.2 Å². The van der Waals surface area contributed by atoms with E-state index >= 15 is 0 Å². The minimum atomic E-state index is -0.198. The number of aromatic nitrogens is 3. The van der Waals surface area contributed by atoms with Gasteiger partial charge in [-0.2, -0.15) is 4.80 Å². The summed E-state index contributed by atoms with van der Waals surface area (Å²) in [5.41, 5.74) is 4.86. The number of nitrogens with zero attached hydrogens (tertiary/aromatic N) is 3. The molecule has 1 heterocycles. The van der Waals surface area contributed by atoms with E-state index in [0.29, 0.717) is 16.2 Å². The van der Waals surface area contributed by atoms with Crippen molar-refractivity contribution >= 4 is 40.3 Å². The number of halogens is 1. The number of anilines is 1. The third-order valence-electron chi connectivity index (χ3n) is 4.27. The maximum absolute atomic E-state index is 12.3. The Labute approximate surface area is 167 Å². The predicted molar refractivity (Wildman–Crippen MR) is 113 cm³/mol. The molecule has 0 aliphatic heterocycles. The van der Waals surface area contributed by atoms with Gasteiger partial charge in [0.2, 0.25) is 5.91 Å². The molecule has 3 aromatic carbocycles. The van der Waals surface area contributed by atoms with Gasteiger partial charge >= 0.3 is 0 Å². The Morgan fingerprint density at radius 3 is 2.39 bits per heavy atom. The van der Waals surface area contributed by atoms with Gasteiger partial charge < -0.3 is 5.32 Å². The molecule has 0 atom stereocenters. The van der Waals surface area contributed by atoms with Crippen LogP contribution < -0.4 is 5.32 Å². The summed E-state index contributed by atoms with van der Waals surface area (Å²) in [6, 6.07) is 20.7. The number of aryl methyl sites for hydroxylation is 1. The minimum Gasteiger partial charge on any atom is -0.322 e. The van der Waals surface area contributed by atoms with Crippen molar-refractivity contribution in [3.63, 3.8) is 0 Å². The van der Waals surface area contributed by atoms with Crippen LogP contribution in [-0.4, -0.2) is 20.9 Å². The summed E-state index contributed by atoms with van der Waals surface area (Å²) in [6.45, 7) is 1.93. The summed E-state index contributed by atoms with van der Waals surface area (Å²) < 4.78 is 0. The molecular formula is C22H17ClN4O. The lowest BCUT2D eigenvalue weighted by molar-refractivity contribution is -0.111. The summed E-state index contributed by atoms with van der Waals surface area (Å²) in [4.78, 5) is 13.8. The van der Waals surface area contributed by atoms with Gasteiger partial charge in [0, 0.05) is 16.8 Å². The molecule has 4 rings (SSSR count). The van der Waals surface area contributed by atoms with Gasteiger partial charge in [0.1, 0.15) is 11.0 Å². The van der Waals surface area contributed by atoms with E-state index < -0.39 is 0 Å². The second kappa shape index (κ2) is 7.66. The maximum atomic E-state index is 12.3. The number of hydrogen-bond donors (Lipinski definition) is 1. The molecule has 0 bridgehead atoms. The molecule has 0 aliphatic carbocycles. The van der Waals surface area contributed by atoms with Gasteiger partial charge in [0.05, 0.1) is 5.69 Å². The van der Waals surface area contributed by atoms with Gasteiger partial charge in [-0.05, 0) is 60.5 Å². The van der Waals surface area contributed by atoms with Crippen LogP contribution in [0.2, 0.25) is 5.02 Å². The van der Waals surface area contributed by atoms with Gasteiger partial charge in [-0.3, -0.25) is 4.79 Å². The zero-order chi connectivity index (χ0) is 19.5. The lowest BCUT2D eigenvalue weighted by Gasteiger charge is -2.05. The third-order valence-corrected chi connectivity index (χ3v) is 4.52. The lowest BCUT2D eigenvalue weighted by atomic mass is 10.1. The molecule has 1 aromatic heterocycles. The molecule has 1 N–H and O–H groups in total. The molecule has 0 fully saturated rings. The zero-order valence-corrected chi connectivity index (χ0v) is 15.9. The fourth-order valence-corrected chi connectivity index (χ4v) is 2.93. The Bertz CT molecular complexity index is 1160. The van der Waals surface area contributed by atoms with Crippen LogP contribution in [0.25, 0.3) is 22.8 Å². The van der Waals surface area contributed by atoms with E-state index in [9.17, 15) is 4.79 Å². The van der Waals surface area contributed by atoms with E-state index in [2.05, 4.69) is 15.5 Å². The largest absolute Gasteiger partial charge is 0.322 e. The highest BCUT2D eigenvalue weighted by Crippen LogP contribution is 2.22. The quantitative estimate of drug-likeness (QED) is 0.498. The van der Waals surface area contributed by atoms with Crippen LogP contribution in [0.3, 0.4) is 0 Å². The number of carbonyl (C=O) groups excluding carboxylic acids is 1. The Balaban J connectivity index is 1.57. The first kappa shape index (κ1) is 17.9. The van der Waals surface area contributed by atoms with Gasteiger partial charge in [0.15, 0.2) is 0 Å². The van der Waals surface area contributed by atoms with Crippen molar-refractivity contribution in [2.24, 2.45) is 0 Å². The molecule has 0 aliphatic rings. The molecule has 5 nitrogen and oxygen atoms in total. The summed E-state index contributed by atoms with van der Waals surface area (Å²) >= 11 is 5.94. The second-order valence-corrected chi connectivity index (χ2v) is 6.79. The minimum absolute atomic E-state index is 0.198. The topological polar surface area (TPSA) is 59.8 Å². The Hall–Kier alpha value is -3.44. The van der Waals surface area contributed by atoms with Crippen LogP contribution in [0.5, 0.6) is 0 Å². The van der Waals surface area contributed by atoms with Crippen molar-refractivity contribution in [3.8, 4) is 5.69 Å². The summed E-state index contributed by atoms with van der Waals surface area (Å²) in [7, 11) is 0. The first-order valence-corrected chi connectivity index (χ1v) is 9.14. The molecule has 0 saturated carbocycles. The van der Waals surface area contributed by atoms with Crippen molar-refractivity contribution in [1.82, 2.24) is 15.0 Å². The monoisotopic (exact) mass is 388 g/mol. The molecule has 4 aromatic rings. The number of hydrogen-bond acceptors (Lipinski definition) is 3. The zero-order valence-electron chi connectivity index (χ0n) is 15.1. The van der Waals surface area contributed by atoms with E-state index in [1.54, 1.807) is 23.0 Å². The van der Waals surface area contributed by atoms with Crippen molar-refractivity contribution < 1.29 is 4.79 Å². The van der Waals surface area contributed by atoms with Crippen LogP contribution in [0.15, 0.2) is 72.8 Å². The standard InChI is InChI=1S/C22H17ClN4O/c1-15-13-20-21(26-27(25-20)18-10-8-17(23)9-11-18)14-19(15)24-22(28)12-7-16-5-3-2-4-6-16/h2-14H,1H3,(H,24,28)/b12-7-. The average molecular weight is 389 g/mol. The third kappa shape index (κ3) is 3.94. The number of carbonyl (C=O) groups is 1. The van der Waals surface area contributed by atoms with Crippen LogP contribution in [0.4, 0.5) is 5.69 Å². The number of benzene rings is 3. The molecule has 6 heteroatoms. The highest BCUT2D eigenvalue weighted by Gasteiger charge is 2.10. The van der Waals surface area contributed by atoms with Crippen LogP contribution in [0, 0.1) is 6.92 Å². The SMILES string of the molecule is Cc1cc2nn(-c3ccc(Cl)cc3)nc2cc1NC(=O)/C=C\c1ccccc1. The number of amides is 1. The van der Waals surface area contributed by atoms with Crippen molar-refractivity contribution in [1.29, 1.82) is 0 Å². The predicted octanol–water partition coefficient (Wildman–Crippen LogP) is 5.03. The van der Waals surface area contributed by atoms with Crippen molar-refractivity contribution in [3.05, 3.63) is 89.0 Å². The van der Waals surface area contributed by atoms with Crippen LogP contribution in [0.1, 0.15) is 11.1 Å². The fourth-order valence-electron chi connectivity index (χ4n) is 2.80. The lowest BCUT2D eigenvalue weighted by Crippen LogP contribution is -2.08. The molecule has 138 valence electrons. The van der Waals surface area contributed by atoms with Gasteiger partial charge in [-0.25, -0.2) is 0 Å². The second-order valence-electron chi connectivity index (χ2n) is 6.35. The van der Waals surface area contributed by atoms with Crippen LogP contribution in [-0.2, 0) is 4.79 Å². The summed E-state index contributed by atoms with van der Waals surface area (Å²) in [6.07, 6.45) is 3.30. The molecule has 28 heavy (non-hydrogen) atoms. The number of nitrogens with one attached hydrogen (secondary N) is 1. The Morgan fingerprint density at radius 2 is 1.68 bits per heavy atom.